The van der Waals surface area contributed by atoms with Gasteiger partial charge in [-0.1, -0.05) is 6.07 Å². The Morgan fingerprint density at radius 3 is 2.78 bits per heavy atom. The van der Waals surface area contributed by atoms with Gasteiger partial charge >= 0.3 is 0 Å². The van der Waals surface area contributed by atoms with Crippen molar-refractivity contribution in [2.75, 3.05) is 19.0 Å². The Morgan fingerprint density at radius 2 is 2.00 bits per heavy atom. The minimum Gasteiger partial charge on any atom is -0.493 e. The lowest BCUT2D eigenvalue weighted by molar-refractivity contribution is 0.288. The summed E-state index contributed by atoms with van der Waals surface area (Å²) < 4.78 is 5.61. The number of hydrogen-bond donors (Lipinski definition) is 1. The van der Waals surface area contributed by atoms with Crippen LogP contribution in [0.5, 0.6) is 5.75 Å². The van der Waals surface area contributed by atoms with Crippen LogP contribution in [0.2, 0.25) is 0 Å². The zero-order valence-electron chi connectivity index (χ0n) is 10.3. The predicted molar refractivity (Wildman–Crippen MR) is 70.8 cm³/mol. The molecule has 0 bridgehead atoms. The molecule has 1 aliphatic heterocycles. The largest absolute Gasteiger partial charge is 0.493 e. The van der Waals surface area contributed by atoms with Gasteiger partial charge in [-0.2, -0.15) is 0 Å². The predicted octanol–water partition coefficient (Wildman–Crippen LogP) is 2.51. The van der Waals surface area contributed by atoms with Gasteiger partial charge < -0.3 is 10.1 Å². The van der Waals surface area contributed by atoms with E-state index in [1.807, 2.05) is 25.5 Å². The Morgan fingerprint density at radius 1 is 1.17 bits per heavy atom. The van der Waals surface area contributed by atoms with Crippen molar-refractivity contribution in [3.05, 3.63) is 36.2 Å². The van der Waals surface area contributed by atoms with Crippen molar-refractivity contribution in [1.29, 1.82) is 0 Å². The van der Waals surface area contributed by atoms with Crippen LogP contribution in [0.1, 0.15) is 12.0 Å². The van der Waals surface area contributed by atoms with Gasteiger partial charge in [0.2, 0.25) is 5.95 Å². The van der Waals surface area contributed by atoms with Gasteiger partial charge in [0.1, 0.15) is 5.75 Å². The Bertz CT molecular complexity index is 551. The minimum absolute atomic E-state index is 0.639. The normalized spacial score (nSPS) is 13.6. The van der Waals surface area contributed by atoms with Gasteiger partial charge in [-0.15, -0.1) is 0 Å². The van der Waals surface area contributed by atoms with Gasteiger partial charge in [-0.3, -0.25) is 0 Å². The molecule has 0 amide bonds. The number of fused-ring (bicyclic) bond motifs is 1. The molecule has 2 heterocycles. The van der Waals surface area contributed by atoms with Crippen molar-refractivity contribution in [2.45, 2.75) is 12.8 Å². The van der Waals surface area contributed by atoms with Gasteiger partial charge in [-0.05, 0) is 36.1 Å². The lowest BCUT2D eigenvalue weighted by atomic mass is 10.0. The van der Waals surface area contributed by atoms with E-state index in [0.717, 1.165) is 36.3 Å². The minimum atomic E-state index is 0.639. The molecular weight excluding hydrogens is 226 g/mol. The first-order valence-corrected chi connectivity index (χ1v) is 6.13. The van der Waals surface area contributed by atoms with E-state index >= 15 is 0 Å². The number of aromatic nitrogens is 2. The Labute approximate surface area is 106 Å². The van der Waals surface area contributed by atoms with E-state index in [0.29, 0.717) is 5.95 Å². The molecule has 4 nitrogen and oxygen atoms in total. The Hall–Kier alpha value is -2.10. The molecule has 0 spiro atoms. The number of nitrogens with one attached hydrogen (secondary N) is 1. The van der Waals surface area contributed by atoms with Crippen LogP contribution < -0.4 is 10.1 Å². The highest BCUT2D eigenvalue weighted by Gasteiger charge is 2.11. The van der Waals surface area contributed by atoms with Crippen LogP contribution in [-0.2, 0) is 6.42 Å². The van der Waals surface area contributed by atoms with Gasteiger partial charge in [0.05, 0.1) is 6.61 Å². The molecule has 0 fully saturated rings. The molecule has 0 saturated carbocycles. The number of anilines is 1. The highest BCUT2D eigenvalue weighted by Crippen LogP contribution is 2.29. The second kappa shape index (κ2) is 4.64. The van der Waals surface area contributed by atoms with E-state index in [2.05, 4.69) is 27.4 Å². The zero-order valence-corrected chi connectivity index (χ0v) is 10.3. The van der Waals surface area contributed by atoms with E-state index < -0.39 is 0 Å². The van der Waals surface area contributed by atoms with Gasteiger partial charge in [0.25, 0.3) is 0 Å². The molecule has 0 radical (unpaired) electrons. The number of nitrogens with zero attached hydrogens (tertiary/aromatic N) is 2. The van der Waals surface area contributed by atoms with Gasteiger partial charge in [-0.25, -0.2) is 9.97 Å². The van der Waals surface area contributed by atoms with Crippen LogP contribution in [0.15, 0.2) is 30.6 Å². The molecule has 4 heteroatoms. The third-order valence-electron chi connectivity index (χ3n) is 3.12. The Balaban J connectivity index is 1.95. The molecule has 0 unspecified atom stereocenters. The zero-order chi connectivity index (χ0) is 12.4. The number of benzene rings is 1. The first-order chi connectivity index (χ1) is 8.86. The van der Waals surface area contributed by atoms with Crippen LogP contribution in [0, 0.1) is 0 Å². The molecule has 1 aromatic heterocycles. The quantitative estimate of drug-likeness (QED) is 0.877. The van der Waals surface area contributed by atoms with Gasteiger partial charge in [0, 0.05) is 25.0 Å². The third kappa shape index (κ3) is 2.01. The molecule has 1 aliphatic rings. The van der Waals surface area contributed by atoms with Crippen molar-refractivity contribution in [3.8, 4) is 16.9 Å². The summed E-state index contributed by atoms with van der Waals surface area (Å²) >= 11 is 0. The fourth-order valence-corrected chi connectivity index (χ4v) is 2.15. The van der Waals surface area contributed by atoms with E-state index in [9.17, 15) is 0 Å². The highest BCUT2D eigenvalue weighted by molar-refractivity contribution is 5.64. The summed E-state index contributed by atoms with van der Waals surface area (Å²) in [4.78, 5) is 8.46. The molecule has 2 aromatic rings. The summed E-state index contributed by atoms with van der Waals surface area (Å²) in [6.07, 6.45) is 5.85. The van der Waals surface area contributed by atoms with E-state index in [1.165, 1.54) is 5.56 Å². The maximum absolute atomic E-state index is 5.61. The van der Waals surface area contributed by atoms with Crippen LogP contribution in [0.3, 0.4) is 0 Å². The Kier molecular flexibility index (Phi) is 2.84. The molecule has 0 saturated heterocycles. The monoisotopic (exact) mass is 241 g/mol. The molecule has 3 rings (SSSR count). The summed E-state index contributed by atoms with van der Waals surface area (Å²) in [5.41, 5.74) is 3.45. The average molecular weight is 241 g/mol. The summed E-state index contributed by atoms with van der Waals surface area (Å²) in [5.74, 6) is 1.65. The SMILES string of the molecule is CNc1ncc(-c2ccc3c(c2)CCCO3)cn1. The van der Waals surface area contributed by atoms with Crippen molar-refractivity contribution < 1.29 is 4.74 Å². The first-order valence-electron chi connectivity index (χ1n) is 6.13. The molecule has 0 aliphatic carbocycles. The average Bonchev–Trinajstić information content (AvgIpc) is 2.47. The second-order valence-electron chi connectivity index (χ2n) is 4.32. The van der Waals surface area contributed by atoms with Crippen molar-refractivity contribution >= 4 is 5.95 Å². The van der Waals surface area contributed by atoms with Crippen molar-refractivity contribution in [3.63, 3.8) is 0 Å². The van der Waals surface area contributed by atoms with Crippen molar-refractivity contribution in [1.82, 2.24) is 9.97 Å². The van der Waals surface area contributed by atoms with E-state index in [4.69, 9.17) is 4.74 Å². The fraction of sp³-hybridized carbons (Fsp3) is 0.286. The molecule has 1 aromatic carbocycles. The number of ether oxygens (including phenoxy) is 1. The van der Waals surface area contributed by atoms with Gasteiger partial charge in [0.15, 0.2) is 0 Å². The molecule has 92 valence electrons. The molecule has 0 atom stereocenters. The smallest absolute Gasteiger partial charge is 0.222 e. The standard InChI is InChI=1S/C14H15N3O/c1-15-14-16-8-12(9-17-14)10-4-5-13-11(7-10)3-2-6-18-13/h4-5,7-9H,2-3,6H2,1H3,(H,15,16,17). The lowest BCUT2D eigenvalue weighted by Gasteiger charge is -2.17. The summed E-state index contributed by atoms with van der Waals surface area (Å²) in [5, 5.41) is 2.91. The maximum atomic E-state index is 5.61. The van der Waals surface area contributed by atoms with E-state index in [-0.39, 0.29) is 0 Å². The van der Waals surface area contributed by atoms with Crippen LogP contribution in [0.4, 0.5) is 5.95 Å². The molecule has 18 heavy (non-hydrogen) atoms. The van der Waals surface area contributed by atoms with Crippen LogP contribution in [0.25, 0.3) is 11.1 Å². The number of aryl methyl sites for hydroxylation is 1. The maximum Gasteiger partial charge on any atom is 0.222 e. The number of hydrogen-bond acceptors (Lipinski definition) is 4. The van der Waals surface area contributed by atoms with E-state index in [1.54, 1.807) is 0 Å². The third-order valence-corrected chi connectivity index (χ3v) is 3.12. The first kappa shape index (κ1) is 11.0. The number of rotatable bonds is 2. The van der Waals surface area contributed by atoms with Crippen LogP contribution in [-0.4, -0.2) is 23.6 Å². The molecular formula is C14H15N3O. The topological polar surface area (TPSA) is 47.0 Å². The lowest BCUT2D eigenvalue weighted by Crippen LogP contribution is -2.08. The fourth-order valence-electron chi connectivity index (χ4n) is 2.15. The summed E-state index contributed by atoms with van der Waals surface area (Å²) in [6, 6.07) is 6.27. The summed E-state index contributed by atoms with van der Waals surface area (Å²) in [7, 11) is 1.81. The second-order valence-corrected chi connectivity index (χ2v) is 4.32. The van der Waals surface area contributed by atoms with Crippen LogP contribution >= 0.6 is 0 Å². The summed E-state index contributed by atoms with van der Waals surface area (Å²) in [6.45, 7) is 0.826. The highest BCUT2D eigenvalue weighted by atomic mass is 16.5. The molecule has 1 N–H and O–H groups in total. The van der Waals surface area contributed by atoms with Crippen molar-refractivity contribution in [2.24, 2.45) is 0 Å².